The molecule has 1 aliphatic heterocycles. The molecule has 2 rings (SSSR count). The van der Waals surface area contributed by atoms with Crippen LogP contribution in [-0.2, 0) is 4.74 Å². The molecule has 1 fully saturated rings. The van der Waals surface area contributed by atoms with E-state index in [1.807, 2.05) is 6.92 Å². The van der Waals surface area contributed by atoms with Crippen molar-refractivity contribution in [3.63, 3.8) is 0 Å². The van der Waals surface area contributed by atoms with Crippen molar-refractivity contribution < 1.29 is 14.6 Å². The summed E-state index contributed by atoms with van der Waals surface area (Å²) in [5.41, 5.74) is 5.46. The number of carboxylic acid groups (broad SMARTS) is 1. The van der Waals surface area contributed by atoms with E-state index >= 15 is 0 Å². The summed E-state index contributed by atoms with van der Waals surface area (Å²) >= 11 is 0. The molecule has 0 aromatic heterocycles. The zero-order chi connectivity index (χ0) is 12.3. The van der Waals surface area contributed by atoms with Gasteiger partial charge in [-0.2, -0.15) is 0 Å². The average molecular weight is 236 g/mol. The standard InChI is InChI=1S/C12H16N2O3/c1-9-8-10(12(15)16)2-3-11(9)13-14-4-6-17-7-5-14/h2-3,8,13H,4-7H2,1H3,(H,15,16). The molecule has 5 nitrogen and oxygen atoms in total. The fraction of sp³-hybridized carbons (Fsp3) is 0.417. The van der Waals surface area contributed by atoms with Gasteiger partial charge in [0.25, 0.3) is 0 Å². The lowest BCUT2D eigenvalue weighted by Crippen LogP contribution is -2.40. The number of ether oxygens (including phenoxy) is 1. The Morgan fingerprint density at radius 2 is 2.12 bits per heavy atom. The lowest BCUT2D eigenvalue weighted by Gasteiger charge is -2.28. The SMILES string of the molecule is Cc1cc(C(=O)O)ccc1NN1CCOCC1. The van der Waals surface area contributed by atoms with Gasteiger partial charge in [0.1, 0.15) is 0 Å². The first-order chi connectivity index (χ1) is 8.16. The van der Waals surface area contributed by atoms with Crippen LogP contribution in [0.1, 0.15) is 15.9 Å². The number of carboxylic acids is 1. The highest BCUT2D eigenvalue weighted by atomic mass is 16.5. The molecule has 0 radical (unpaired) electrons. The first-order valence-corrected chi connectivity index (χ1v) is 5.60. The quantitative estimate of drug-likeness (QED) is 0.829. The summed E-state index contributed by atoms with van der Waals surface area (Å²) in [6.45, 7) is 5.01. The van der Waals surface area contributed by atoms with Crippen molar-refractivity contribution in [1.29, 1.82) is 0 Å². The molecular formula is C12H16N2O3. The summed E-state index contributed by atoms with van der Waals surface area (Å²) in [5.74, 6) is -0.897. The minimum absolute atomic E-state index is 0.315. The summed E-state index contributed by atoms with van der Waals surface area (Å²) in [7, 11) is 0. The largest absolute Gasteiger partial charge is 0.478 e. The topological polar surface area (TPSA) is 61.8 Å². The van der Waals surface area contributed by atoms with Gasteiger partial charge in [0, 0.05) is 13.1 Å². The smallest absolute Gasteiger partial charge is 0.335 e. The van der Waals surface area contributed by atoms with Crippen molar-refractivity contribution in [3.05, 3.63) is 29.3 Å². The van der Waals surface area contributed by atoms with Gasteiger partial charge in [-0.3, -0.25) is 0 Å². The third-order valence-corrected chi connectivity index (χ3v) is 2.76. The minimum atomic E-state index is -0.897. The van der Waals surface area contributed by atoms with Crippen LogP contribution in [0.3, 0.4) is 0 Å². The maximum absolute atomic E-state index is 10.8. The molecule has 1 aromatic carbocycles. The number of hydrogen-bond donors (Lipinski definition) is 2. The number of nitrogens with zero attached hydrogens (tertiary/aromatic N) is 1. The van der Waals surface area contributed by atoms with E-state index in [9.17, 15) is 4.79 Å². The highest BCUT2D eigenvalue weighted by molar-refractivity contribution is 5.88. The van der Waals surface area contributed by atoms with Crippen molar-refractivity contribution in [1.82, 2.24) is 5.01 Å². The molecule has 17 heavy (non-hydrogen) atoms. The van der Waals surface area contributed by atoms with Crippen LogP contribution in [0.5, 0.6) is 0 Å². The molecule has 0 amide bonds. The molecule has 2 N–H and O–H groups in total. The minimum Gasteiger partial charge on any atom is -0.478 e. The predicted molar refractivity (Wildman–Crippen MR) is 64.2 cm³/mol. The summed E-state index contributed by atoms with van der Waals surface area (Å²) in [6.07, 6.45) is 0. The Balaban J connectivity index is 2.08. The fourth-order valence-electron chi connectivity index (χ4n) is 1.77. The molecule has 0 spiro atoms. The van der Waals surface area contributed by atoms with E-state index in [2.05, 4.69) is 10.4 Å². The summed E-state index contributed by atoms with van der Waals surface area (Å²) < 4.78 is 5.26. The lowest BCUT2D eigenvalue weighted by molar-refractivity contribution is 0.0496. The van der Waals surface area contributed by atoms with Crippen LogP contribution in [0.4, 0.5) is 5.69 Å². The Labute approximate surface area is 100.0 Å². The molecule has 0 unspecified atom stereocenters. The van der Waals surface area contributed by atoms with Crippen LogP contribution in [0.25, 0.3) is 0 Å². The van der Waals surface area contributed by atoms with Crippen molar-refractivity contribution in [2.24, 2.45) is 0 Å². The predicted octanol–water partition coefficient (Wildman–Crippen LogP) is 1.35. The molecule has 0 aliphatic carbocycles. The van der Waals surface area contributed by atoms with E-state index in [-0.39, 0.29) is 0 Å². The molecule has 5 heteroatoms. The number of nitrogens with one attached hydrogen (secondary N) is 1. The Morgan fingerprint density at radius 1 is 1.41 bits per heavy atom. The summed E-state index contributed by atoms with van der Waals surface area (Å²) in [5, 5.41) is 10.9. The first-order valence-electron chi connectivity index (χ1n) is 5.60. The Bertz CT molecular complexity index is 414. The maximum Gasteiger partial charge on any atom is 0.335 e. The van der Waals surface area contributed by atoms with Gasteiger partial charge in [0.15, 0.2) is 0 Å². The molecule has 1 aliphatic rings. The van der Waals surface area contributed by atoms with Crippen LogP contribution < -0.4 is 5.43 Å². The number of rotatable bonds is 3. The second kappa shape index (κ2) is 5.16. The fourth-order valence-corrected chi connectivity index (χ4v) is 1.77. The number of hydrogen-bond acceptors (Lipinski definition) is 4. The van der Waals surface area contributed by atoms with Crippen LogP contribution in [0.15, 0.2) is 18.2 Å². The highest BCUT2D eigenvalue weighted by Gasteiger charge is 2.12. The normalized spacial score (nSPS) is 16.8. The number of carbonyl (C=O) groups is 1. The summed E-state index contributed by atoms with van der Waals surface area (Å²) in [6, 6.07) is 5.08. The van der Waals surface area contributed by atoms with Crippen molar-refractivity contribution in [2.75, 3.05) is 31.7 Å². The zero-order valence-electron chi connectivity index (χ0n) is 9.77. The molecule has 1 heterocycles. The van der Waals surface area contributed by atoms with Gasteiger partial charge in [-0.05, 0) is 30.7 Å². The maximum atomic E-state index is 10.8. The number of morpholine rings is 1. The number of benzene rings is 1. The van der Waals surface area contributed by atoms with E-state index in [0.29, 0.717) is 5.56 Å². The number of aromatic carboxylic acids is 1. The second-order valence-corrected chi connectivity index (χ2v) is 4.05. The molecule has 92 valence electrons. The third-order valence-electron chi connectivity index (χ3n) is 2.76. The van der Waals surface area contributed by atoms with E-state index < -0.39 is 5.97 Å². The van der Waals surface area contributed by atoms with Gasteiger partial charge in [-0.15, -0.1) is 0 Å². The van der Waals surface area contributed by atoms with Crippen LogP contribution in [-0.4, -0.2) is 42.4 Å². The van der Waals surface area contributed by atoms with Gasteiger partial charge >= 0.3 is 5.97 Å². The van der Waals surface area contributed by atoms with Gasteiger partial charge in [0.2, 0.25) is 0 Å². The van der Waals surface area contributed by atoms with Gasteiger partial charge in [0.05, 0.1) is 24.5 Å². The third kappa shape index (κ3) is 2.95. The molecule has 0 atom stereocenters. The van der Waals surface area contributed by atoms with Gasteiger partial charge in [-0.25, -0.2) is 9.80 Å². The van der Waals surface area contributed by atoms with E-state index in [1.54, 1.807) is 18.2 Å². The number of hydrazine groups is 1. The second-order valence-electron chi connectivity index (χ2n) is 4.05. The summed E-state index contributed by atoms with van der Waals surface area (Å²) in [4.78, 5) is 10.8. The van der Waals surface area contributed by atoms with Crippen LogP contribution in [0, 0.1) is 6.92 Å². The van der Waals surface area contributed by atoms with Gasteiger partial charge in [-0.1, -0.05) is 0 Å². The molecule has 1 aromatic rings. The van der Waals surface area contributed by atoms with Gasteiger partial charge < -0.3 is 15.3 Å². The first kappa shape index (κ1) is 11.9. The average Bonchev–Trinajstić information content (AvgIpc) is 2.33. The van der Waals surface area contributed by atoms with Crippen LogP contribution in [0.2, 0.25) is 0 Å². The van der Waals surface area contributed by atoms with E-state index in [1.165, 1.54) is 0 Å². The molecule has 0 saturated carbocycles. The van der Waals surface area contributed by atoms with E-state index in [4.69, 9.17) is 9.84 Å². The molecular weight excluding hydrogens is 220 g/mol. The molecule has 0 bridgehead atoms. The van der Waals surface area contributed by atoms with Crippen molar-refractivity contribution >= 4 is 11.7 Å². The molecule has 1 saturated heterocycles. The lowest BCUT2D eigenvalue weighted by atomic mass is 10.1. The monoisotopic (exact) mass is 236 g/mol. The van der Waals surface area contributed by atoms with Crippen molar-refractivity contribution in [2.45, 2.75) is 6.92 Å². The van der Waals surface area contributed by atoms with Crippen LogP contribution >= 0.6 is 0 Å². The Hall–Kier alpha value is -1.59. The number of aryl methyl sites for hydroxylation is 1. The zero-order valence-corrected chi connectivity index (χ0v) is 9.77. The highest BCUT2D eigenvalue weighted by Crippen LogP contribution is 2.17. The van der Waals surface area contributed by atoms with E-state index in [0.717, 1.165) is 37.6 Å². The Morgan fingerprint density at radius 3 is 2.71 bits per heavy atom. The number of anilines is 1. The Kier molecular flexibility index (Phi) is 3.61. The van der Waals surface area contributed by atoms with Crippen molar-refractivity contribution in [3.8, 4) is 0 Å².